The van der Waals surface area contributed by atoms with Crippen LogP contribution in [0.1, 0.15) is 89.5 Å². The van der Waals surface area contributed by atoms with E-state index in [0.29, 0.717) is 5.92 Å². The molecule has 2 aromatic rings. The van der Waals surface area contributed by atoms with Crippen molar-refractivity contribution in [3.63, 3.8) is 0 Å². The molecule has 0 aliphatic heterocycles. The molecular weight excluding hydrogens is 288 g/mol. The Morgan fingerprint density at radius 3 is 1.46 bits per heavy atom. The molecule has 0 amide bonds. The average molecular weight is 321 g/mol. The van der Waals surface area contributed by atoms with Crippen molar-refractivity contribution in [1.29, 1.82) is 0 Å². The lowest BCUT2D eigenvalue weighted by Crippen LogP contribution is -2.12. The second kappa shape index (κ2) is 5.76. The molecule has 1 aliphatic carbocycles. The van der Waals surface area contributed by atoms with E-state index >= 15 is 0 Å². The molecule has 128 valence electrons. The molecule has 0 atom stereocenters. The Balaban J connectivity index is 2.17. The van der Waals surface area contributed by atoms with Crippen molar-refractivity contribution in [3.05, 3.63) is 58.7 Å². The molecular formula is C24H32. The molecule has 0 N–H and O–H groups in total. The van der Waals surface area contributed by atoms with E-state index in [0.717, 1.165) is 0 Å². The summed E-state index contributed by atoms with van der Waals surface area (Å²) in [6.45, 7) is 16.2. The normalized spacial score (nSPS) is 14.6. The fraction of sp³-hybridized carbons (Fsp3) is 0.500. The van der Waals surface area contributed by atoms with E-state index in [1.54, 1.807) is 11.1 Å². The van der Waals surface area contributed by atoms with Crippen LogP contribution in [0.5, 0.6) is 0 Å². The maximum Gasteiger partial charge on any atom is 0.0102 e. The van der Waals surface area contributed by atoms with E-state index < -0.39 is 0 Å². The van der Waals surface area contributed by atoms with Gasteiger partial charge in [0.15, 0.2) is 0 Å². The Kier molecular flexibility index (Phi) is 4.14. The fourth-order valence-corrected chi connectivity index (χ4v) is 3.89. The first-order valence-corrected chi connectivity index (χ1v) is 9.42. The molecule has 1 aliphatic rings. The van der Waals surface area contributed by atoms with Gasteiger partial charge in [-0.05, 0) is 50.6 Å². The van der Waals surface area contributed by atoms with E-state index in [-0.39, 0.29) is 10.8 Å². The molecule has 0 heterocycles. The van der Waals surface area contributed by atoms with Gasteiger partial charge in [-0.25, -0.2) is 0 Å². The number of fused-ring (bicyclic) bond motifs is 3. The smallest absolute Gasteiger partial charge is 0.0102 e. The van der Waals surface area contributed by atoms with Crippen LogP contribution in [0.15, 0.2) is 36.4 Å². The van der Waals surface area contributed by atoms with E-state index in [4.69, 9.17) is 0 Å². The van der Waals surface area contributed by atoms with Crippen LogP contribution in [0.25, 0.3) is 11.1 Å². The summed E-state index contributed by atoms with van der Waals surface area (Å²) < 4.78 is 0. The predicted octanol–water partition coefficient (Wildman–Crippen LogP) is 7.19. The van der Waals surface area contributed by atoms with Gasteiger partial charge in [0.1, 0.15) is 0 Å². The van der Waals surface area contributed by atoms with Crippen LogP contribution in [0.3, 0.4) is 0 Å². The summed E-state index contributed by atoms with van der Waals surface area (Å²) in [7, 11) is 0. The van der Waals surface area contributed by atoms with Gasteiger partial charge in [0.05, 0.1) is 0 Å². The molecule has 24 heavy (non-hydrogen) atoms. The van der Waals surface area contributed by atoms with Crippen LogP contribution in [0, 0.1) is 0 Å². The Morgan fingerprint density at radius 1 is 0.708 bits per heavy atom. The fourth-order valence-electron chi connectivity index (χ4n) is 3.89. The van der Waals surface area contributed by atoms with Crippen LogP contribution in [-0.4, -0.2) is 0 Å². The van der Waals surface area contributed by atoms with E-state index in [9.17, 15) is 0 Å². The Morgan fingerprint density at radius 2 is 1.12 bits per heavy atom. The maximum absolute atomic E-state index is 2.48. The third-order valence-electron chi connectivity index (χ3n) is 5.45. The van der Waals surface area contributed by atoms with E-state index in [1.807, 2.05) is 0 Å². The highest BCUT2D eigenvalue weighted by Crippen LogP contribution is 2.49. The molecule has 0 saturated carbocycles. The van der Waals surface area contributed by atoms with Crippen molar-refractivity contribution in [3.8, 4) is 11.1 Å². The van der Waals surface area contributed by atoms with Gasteiger partial charge in [-0.1, -0.05) is 91.3 Å². The highest BCUT2D eigenvalue weighted by atomic mass is 14.3. The molecule has 0 nitrogen and oxygen atoms in total. The van der Waals surface area contributed by atoms with Gasteiger partial charge in [0, 0.05) is 5.92 Å². The Bertz CT molecular complexity index is 687. The average Bonchev–Trinajstić information content (AvgIpc) is 2.79. The zero-order chi connectivity index (χ0) is 17.7. The van der Waals surface area contributed by atoms with Crippen molar-refractivity contribution in [1.82, 2.24) is 0 Å². The third kappa shape index (κ3) is 2.92. The summed E-state index contributed by atoms with van der Waals surface area (Å²) >= 11 is 0. The molecule has 0 fully saturated rings. The molecule has 3 rings (SSSR count). The van der Waals surface area contributed by atoms with Gasteiger partial charge in [-0.3, -0.25) is 0 Å². The van der Waals surface area contributed by atoms with Crippen molar-refractivity contribution in [2.75, 3.05) is 0 Å². The predicted molar refractivity (Wildman–Crippen MR) is 106 cm³/mol. The van der Waals surface area contributed by atoms with E-state index in [2.05, 4.69) is 84.9 Å². The summed E-state index contributed by atoms with van der Waals surface area (Å²) in [5.74, 6) is 0.560. The van der Waals surface area contributed by atoms with Crippen LogP contribution in [0.2, 0.25) is 0 Å². The highest BCUT2D eigenvalue weighted by Gasteiger charge is 2.30. The SMILES string of the molecule is CCCC1c2cc(C(C)(C)C)ccc2-c2ccc(C(C)(C)C)cc21. The summed E-state index contributed by atoms with van der Waals surface area (Å²) in [6, 6.07) is 14.3. The van der Waals surface area contributed by atoms with Crippen LogP contribution in [0.4, 0.5) is 0 Å². The molecule has 0 saturated heterocycles. The first-order chi connectivity index (χ1) is 11.1. The largest absolute Gasteiger partial charge is 0.0653 e. The molecule has 2 aromatic carbocycles. The molecule has 0 spiro atoms. The van der Waals surface area contributed by atoms with Gasteiger partial charge in [0.25, 0.3) is 0 Å². The second-order valence-corrected chi connectivity index (χ2v) is 9.45. The van der Waals surface area contributed by atoms with Gasteiger partial charge in [0.2, 0.25) is 0 Å². The Labute approximate surface area is 148 Å². The maximum atomic E-state index is 2.48. The molecule has 0 unspecified atom stereocenters. The van der Waals surface area contributed by atoms with Crippen LogP contribution >= 0.6 is 0 Å². The lowest BCUT2D eigenvalue weighted by molar-refractivity contribution is 0.586. The minimum absolute atomic E-state index is 0.205. The van der Waals surface area contributed by atoms with E-state index in [1.165, 1.54) is 35.1 Å². The molecule has 0 aromatic heterocycles. The summed E-state index contributed by atoms with van der Waals surface area (Å²) in [4.78, 5) is 0. The van der Waals surface area contributed by atoms with Gasteiger partial charge in [-0.15, -0.1) is 0 Å². The molecule has 0 bridgehead atoms. The zero-order valence-corrected chi connectivity index (χ0v) is 16.5. The van der Waals surface area contributed by atoms with Gasteiger partial charge < -0.3 is 0 Å². The van der Waals surface area contributed by atoms with Gasteiger partial charge >= 0.3 is 0 Å². The lowest BCUT2D eigenvalue weighted by atomic mass is 9.82. The van der Waals surface area contributed by atoms with Gasteiger partial charge in [-0.2, -0.15) is 0 Å². The zero-order valence-electron chi connectivity index (χ0n) is 16.5. The number of rotatable bonds is 2. The number of hydrogen-bond donors (Lipinski definition) is 0. The third-order valence-corrected chi connectivity index (χ3v) is 5.45. The van der Waals surface area contributed by atoms with Crippen molar-refractivity contribution >= 4 is 0 Å². The first-order valence-electron chi connectivity index (χ1n) is 9.42. The molecule has 0 heteroatoms. The van der Waals surface area contributed by atoms with Crippen molar-refractivity contribution in [2.45, 2.75) is 78.1 Å². The highest BCUT2D eigenvalue weighted by molar-refractivity contribution is 5.79. The second-order valence-electron chi connectivity index (χ2n) is 9.45. The summed E-state index contributed by atoms with van der Waals surface area (Å²) in [5, 5.41) is 0. The summed E-state index contributed by atoms with van der Waals surface area (Å²) in [6.07, 6.45) is 2.46. The Hall–Kier alpha value is -1.56. The quantitative estimate of drug-likeness (QED) is 0.549. The van der Waals surface area contributed by atoms with Crippen molar-refractivity contribution in [2.24, 2.45) is 0 Å². The lowest BCUT2D eigenvalue weighted by Gasteiger charge is -2.22. The standard InChI is InChI=1S/C24H32/c1-8-9-18-21-14-16(23(2,3)4)10-12-19(21)20-13-11-17(15-22(18)20)24(5,6)7/h10-15,18H,8-9H2,1-7H3. The minimum Gasteiger partial charge on any atom is -0.0653 e. The monoisotopic (exact) mass is 320 g/mol. The summed E-state index contributed by atoms with van der Waals surface area (Å²) in [5.41, 5.74) is 9.32. The van der Waals surface area contributed by atoms with Crippen molar-refractivity contribution < 1.29 is 0 Å². The number of hydrogen-bond acceptors (Lipinski definition) is 0. The van der Waals surface area contributed by atoms with Crippen LogP contribution < -0.4 is 0 Å². The molecule has 0 radical (unpaired) electrons. The first kappa shape index (κ1) is 17.3. The van der Waals surface area contributed by atoms with Crippen LogP contribution in [-0.2, 0) is 10.8 Å². The number of benzene rings is 2. The topological polar surface area (TPSA) is 0 Å². The minimum atomic E-state index is 0.205.